The molecule has 0 saturated carbocycles. The van der Waals surface area contributed by atoms with E-state index in [9.17, 15) is 19.8 Å². The summed E-state index contributed by atoms with van der Waals surface area (Å²) in [4.78, 5) is 29.6. The monoisotopic (exact) mass is 501 g/mol. The van der Waals surface area contributed by atoms with E-state index in [1.807, 2.05) is 61.5 Å². The van der Waals surface area contributed by atoms with Crippen LogP contribution in [0.3, 0.4) is 0 Å². The first-order valence-electron chi connectivity index (χ1n) is 12.0. The molecule has 0 bridgehead atoms. The maximum Gasteiger partial charge on any atom is 0.262 e. The molecular weight excluding hydrogens is 470 g/mol. The number of phenols is 2. The smallest absolute Gasteiger partial charge is 0.262 e. The van der Waals surface area contributed by atoms with E-state index in [0.29, 0.717) is 24.3 Å². The number of phenolic OH excluding ortho intramolecular Hbond substituents is 2. The molecule has 8 nitrogen and oxygen atoms in total. The van der Waals surface area contributed by atoms with Crippen molar-refractivity contribution in [3.63, 3.8) is 0 Å². The number of amides is 2. The molecule has 0 fully saturated rings. The number of hydrogen-bond donors (Lipinski definition) is 3. The lowest BCUT2D eigenvalue weighted by Gasteiger charge is -2.21. The van der Waals surface area contributed by atoms with Gasteiger partial charge in [-0.3, -0.25) is 9.59 Å². The summed E-state index contributed by atoms with van der Waals surface area (Å²) in [7, 11) is 3.84. The summed E-state index contributed by atoms with van der Waals surface area (Å²) in [5.74, 6) is -1.05. The standard InChI is InChI=1S/C29H31N3O5/c1-19-24(33)15-25(34)27(28(19)37-18-20-9-5-4-6-10-20)29(36)32-16-21-11-7-12-23(22(21)17-32)30-26(35)13-8-14-31(2)3/h4-13,15,33-34H,14,16-18H2,1-3H3,(H,30,35)/b13-8+. The zero-order valence-corrected chi connectivity index (χ0v) is 21.2. The Bertz CT molecular complexity index is 1340. The molecule has 3 aromatic carbocycles. The second-order valence-electron chi connectivity index (χ2n) is 9.28. The van der Waals surface area contributed by atoms with Gasteiger partial charge in [0.2, 0.25) is 5.91 Å². The molecule has 37 heavy (non-hydrogen) atoms. The number of nitrogens with zero attached hydrogens (tertiary/aromatic N) is 2. The fourth-order valence-electron chi connectivity index (χ4n) is 4.23. The first kappa shape index (κ1) is 25.8. The third-order valence-electron chi connectivity index (χ3n) is 6.19. The molecule has 1 aliphatic rings. The number of anilines is 1. The first-order chi connectivity index (χ1) is 17.7. The molecule has 1 aliphatic heterocycles. The van der Waals surface area contributed by atoms with Gasteiger partial charge in [-0.25, -0.2) is 0 Å². The summed E-state index contributed by atoms with van der Waals surface area (Å²) < 4.78 is 5.97. The third kappa shape index (κ3) is 5.92. The number of ether oxygens (including phenoxy) is 1. The second-order valence-corrected chi connectivity index (χ2v) is 9.28. The van der Waals surface area contributed by atoms with Gasteiger partial charge in [0.25, 0.3) is 5.91 Å². The summed E-state index contributed by atoms with van der Waals surface area (Å²) >= 11 is 0. The molecule has 0 unspecified atom stereocenters. The zero-order valence-electron chi connectivity index (χ0n) is 21.2. The average Bonchev–Trinajstić information content (AvgIpc) is 3.31. The summed E-state index contributed by atoms with van der Waals surface area (Å²) in [6, 6.07) is 16.2. The number of aromatic hydroxyl groups is 2. The molecule has 0 radical (unpaired) electrons. The van der Waals surface area contributed by atoms with E-state index >= 15 is 0 Å². The van der Waals surface area contributed by atoms with Gasteiger partial charge in [-0.05, 0) is 38.2 Å². The summed E-state index contributed by atoms with van der Waals surface area (Å²) in [6.07, 6.45) is 3.27. The number of benzene rings is 3. The predicted molar refractivity (Wildman–Crippen MR) is 142 cm³/mol. The quantitative estimate of drug-likeness (QED) is 0.400. The number of fused-ring (bicyclic) bond motifs is 1. The van der Waals surface area contributed by atoms with Gasteiger partial charge in [-0.2, -0.15) is 0 Å². The first-order valence-corrected chi connectivity index (χ1v) is 12.0. The van der Waals surface area contributed by atoms with Crippen LogP contribution in [0, 0.1) is 6.92 Å². The van der Waals surface area contributed by atoms with Crippen LogP contribution in [0.1, 0.15) is 32.6 Å². The fourth-order valence-corrected chi connectivity index (χ4v) is 4.23. The van der Waals surface area contributed by atoms with E-state index in [1.54, 1.807) is 24.0 Å². The van der Waals surface area contributed by atoms with Gasteiger partial charge in [-0.15, -0.1) is 0 Å². The molecule has 0 aromatic heterocycles. The molecule has 4 rings (SSSR count). The molecule has 0 aliphatic carbocycles. The Morgan fingerprint density at radius 1 is 1.05 bits per heavy atom. The van der Waals surface area contributed by atoms with Crippen LogP contribution in [0.15, 0.2) is 66.7 Å². The van der Waals surface area contributed by atoms with Crippen LogP contribution in [-0.4, -0.2) is 52.5 Å². The van der Waals surface area contributed by atoms with Crippen molar-refractivity contribution in [1.82, 2.24) is 9.80 Å². The Morgan fingerprint density at radius 2 is 1.81 bits per heavy atom. The SMILES string of the molecule is Cc1c(O)cc(O)c(C(=O)N2Cc3cccc(NC(=O)/C=C/CN(C)C)c3C2)c1OCc1ccccc1. The minimum Gasteiger partial charge on any atom is -0.507 e. The van der Waals surface area contributed by atoms with Gasteiger partial charge in [0.15, 0.2) is 0 Å². The number of hydrogen-bond acceptors (Lipinski definition) is 6. The molecule has 192 valence electrons. The van der Waals surface area contributed by atoms with Gasteiger partial charge < -0.3 is 30.1 Å². The van der Waals surface area contributed by atoms with Crippen molar-refractivity contribution < 1.29 is 24.5 Å². The molecule has 8 heteroatoms. The Labute approximate surface area is 216 Å². The molecule has 3 N–H and O–H groups in total. The van der Waals surface area contributed by atoms with Crippen molar-refractivity contribution in [3.05, 3.63) is 94.6 Å². The van der Waals surface area contributed by atoms with Crippen LogP contribution in [0.2, 0.25) is 0 Å². The average molecular weight is 502 g/mol. The maximum atomic E-state index is 13.7. The van der Waals surface area contributed by atoms with Crippen LogP contribution in [0.4, 0.5) is 5.69 Å². The number of likely N-dealkylation sites (N-methyl/N-ethyl adjacent to an activating group) is 1. The molecule has 2 amide bonds. The Morgan fingerprint density at radius 3 is 2.54 bits per heavy atom. The van der Waals surface area contributed by atoms with Crippen LogP contribution in [0.25, 0.3) is 0 Å². The highest BCUT2D eigenvalue weighted by molar-refractivity contribution is 6.02. The van der Waals surface area contributed by atoms with E-state index in [1.165, 1.54) is 6.08 Å². The van der Waals surface area contributed by atoms with Crippen LogP contribution < -0.4 is 10.1 Å². The highest BCUT2D eigenvalue weighted by atomic mass is 16.5. The normalized spacial score (nSPS) is 12.7. The molecule has 1 heterocycles. The molecular formula is C29H31N3O5. The largest absolute Gasteiger partial charge is 0.507 e. The van der Waals surface area contributed by atoms with Gasteiger partial charge in [0.05, 0.1) is 0 Å². The summed E-state index contributed by atoms with van der Waals surface area (Å²) in [5, 5.41) is 23.9. The van der Waals surface area contributed by atoms with Crippen molar-refractivity contribution in [2.24, 2.45) is 0 Å². The maximum absolute atomic E-state index is 13.7. The Kier molecular flexibility index (Phi) is 7.79. The number of carbonyl (C=O) groups excluding carboxylic acids is 2. The second kappa shape index (κ2) is 11.2. The van der Waals surface area contributed by atoms with Crippen molar-refractivity contribution in [2.45, 2.75) is 26.6 Å². The van der Waals surface area contributed by atoms with E-state index in [-0.39, 0.29) is 41.9 Å². The minimum absolute atomic E-state index is 0.00348. The van der Waals surface area contributed by atoms with E-state index in [0.717, 1.165) is 22.8 Å². The molecule has 0 spiro atoms. The van der Waals surface area contributed by atoms with Gasteiger partial charge in [-0.1, -0.05) is 48.5 Å². The topological polar surface area (TPSA) is 102 Å². The predicted octanol–water partition coefficient (Wildman–Crippen LogP) is 4.20. The van der Waals surface area contributed by atoms with Crippen molar-refractivity contribution in [2.75, 3.05) is 26.0 Å². The number of carbonyl (C=O) groups is 2. The number of rotatable bonds is 8. The van der Waals surface area contributed by atoms with Crippen LogP contribution in [-0.2, 0) is 24.5 Å². The summed E-state index contributed by atoms with van der Waals surface area (Å²) in [6.45, 7) is 3.02. The highest BCUT2D eigenvalue weighted by Gasteiger charge is 2.31. The van der Waals surface area contributed by atoms with E-state index in [2.05, 4.69) is 5.32 Å². The minimum atomic E-state index is -0.428. The summed E-state index contributed by atoms with van der Waals surface area (Å²) in [5.41, 5.74) is 3.63. The van der Waals surface area contributed by atoms with Crippen molar-refractivity contribution >= 4 is 17.5 Å². The van der Waals surface area contributed by atoms with E-state index < -0.39 is 5.91 Å². The van der Waals surface area contributed by atoms with Gasteiger partial charge >= 0.3 is 0 Å². The van der Waals surface area contributed by atoms with E-state index in [4.69, 9.17) is 4.74 Å². The lowest BCUT2D eigenvalue weighted by atomic mass is 10.1. The van der Waals surface area contributed by atoms with Gasteiger partial charge in [0.1, 0.15) is 29.4 Å². The molecule has 0 atom stereocenters. The van der Waals surface area contributed by atoms with Crippen LogP contribution >= 0.6 is 0 Å². The lowest BCUT2D eigenvalue weighted by molar-refractivity contribution is -0.111. The third-order valence-corrected chi connectivity index (χ3v) is 6.19. The van der Waals surface area contributed by atoms with Crippen LogP contribution in [0.5, 0.6) is 17.2 Å². The fraction of sp³-hybridized carbons (Fsp3) is 0.241. The van der Waals surface area contributed by atoms with Gasteiger partial charge in [0, 0.05) is 48.6 Å². The molecule has 0 saturated heterocycles. The lowest BCUT2D eigenvalue weighted by Crippen LogP contribution is -2.26. The Balaban J connectivity index is 1.56. The van der Waals surface area contributed by atoms with Crippen molar-refractivity contribution in [3.8, 4) is 17.2 Å². The highest BCUT2D eigenvalue weighted by Crippen LogP contribution is 2.40. The number of nitrogens with one attached hydrogen (secondary N) is 1. The Hall–Kier alpha value is -4.30. The molecule has 3 aromatic rings. The van der Waals surface area contributed by atoms with Crippen molar-refractivity contribution in [1.29, 1.82) is 0 Å². The zero-order chi connectivity index (χ0) is 26.5.